The van der Waals surface area contributed by atoms with E-state index in [1.165, 1.54) is 0 Å². The molecule has 1 aliphatic carbocycles. The van der Waals surface area contributed by atoms with Gasteiger partial charge in [-0.2, -0.15) is 11.8 Å². The number of rotatable bonds is 5. The molecule has 0 saturated carbocycles. The highest BCUT2D eigenvalue weighted by atomic mass is 32.2. The topological polar surface area (TPSA) is 49.3 Å². The predicted octanol–water partition coefficient (Wildman–Crippen LogP) is 1.18. The van der Waals surface area contributed by atoms with Crippen LogP contribution in [-0.2, 0) is 4.79 Å². The third kappa shape index (κ3) is 4.26. The molecule has 1 atom stereocenters. The van der Waals surface area contributed by atoms with Gasteiger partial charge in [0.2, 0.25) is 5.91 Å². The van der Waals surface area contributed by atoms with E-state index in [1.54, 1.807) is 18.7 Å². The molecule has 1 rings (SSSR count). The van der Waals surface area contributed by atoms with E-state index in [4.69, 9.17) is 0 Å². The molecule has 0 bridgehead atoms. The van der Waals surface area contributed by atoms with Gasteiger partial charge >= 0.3 is 0 Å². The molecule has 1 aliphatic rings. The van der Waals surface area contributed by atoms with E-state index in [1.807, 2.05) is 18.4 Å². The maximum absolute atomic E-state index is 11.6. The van der Waals surface area contributed by atoms with Crippen molar-refractivity contribution in [3.8, 4) is 0 Å². The second kappa shape index (κ2) is 5.56. The Kier molecular flexibility index (Phi) is 4.67. The van der Waals surface area contributed by atoms with Gasteiger partial charge in [0, 0.05) is 18.2 Å². The van der Waals surface area contributed by atoms with Crippen LogP contribution in [-0.4, -0.2) is 35.2 Å². The van der Waals surface area contributed by atoms with Crippen LogP contribution in [0.4, 0.5) is 0 Å². The van der Waals surface area contributed by atoms with E-state index < -0.39 is 5.60 Å². The molecule has 15 heavy (non-hydrogen) atoms. The molecule has 3 nitrogen and oxygen atoms in total. The highest BCUT2D eigenvalue weighted by molar-refractivity contribution is 7.98. The Hall–Kier alpha value is -0.480. The zero-order chi connectivity index (χ0) is 11.3. The van der Waals surface area contributed by atoms with Crippen LogP contribution >= 0.6 is 11.8 Å². The third-order valence-corrected chi connectivity index (χ3v) is 3.39. The monoisotopic (exact) mass is 229 g/mol. The SMILES string of the molecule is CSCC(C)(O)CNC(=O)C1CC=CC1. The molecule has 1 amide bonds. The summed E-state index contributed by atoms with van der Waals surface area (Å²) in [5.74, 6) is 0.771. The van der Waals surface area contributed by atoms with Crippen LogP contribution in [0.3, 0.4) is 0 Å². The van der Waals surface area contributed by atoms with E-state index in [0.717, 1.165) is 12.8 Å². The van der Waals surface area contributed by atoms with Gasteiger partial charge in [0.1, 0.15) is 0 Å². The van der Waals surface area contributed by atoms with E-state index >= 15 is 0 Å². The molecule has 86 valence electrons. The number of carbonyl (C=O) groups is 1. The van der Waals surface area contributed by atoms with Crippen LogP contribution in [0.2, 0.25) is 0 Å². The average molecular weight is 229 g/mol. The molecular formula is C11H19NO2S. The largest absolute Gasteiger partial charge is 0.387 e. The second-order valence-corrected chi connectivity index (χ2v) is 5.15. The lowest BCUT2D eigenvalue weighted by Gasteiger charge is -2.23. The lowest BCUT2D eigenvalue weighted by atomic mass is 10.1. The van der Waals surface area contributed by atoms with Gasteiger partial charge in [0.15, 0.2) is 0 Å². The number of aliphatic hydroxyl groups is 1. The van der Waals surface area contributed by atoms with E-state index in [0.29, 0.717) is 12.3 Å². The van der Waals surface area contributed by atoms with Gasteiger partial charge < -0.3 is 10.4 Å². The lowest BCUT2D eigenvalue weighted by Crippen LogP contribution is -2.44. The fourth-order valence-electron chi connectivity index (χ4n) is 1.62. The van der Waals surface area contributed by atoms with Gasteiger partial charge in [-0.1, -0.05) is 12.2 Å². The molecule has 0 aromatic heterocycles. The zero-order valence-corrected chi connectivity index (χ0v) is 10.1. The quantitative estimate of drug-likeness (QED) is 0.696. The van der Waals surface area contributed by atoms with Gasteiger partial charge in [-0.25, -0.2) is 0 Å². The zero-order valence-electron chi connectivity index (χ0n) is 9.32. The van der Waals surface area contributed by atoms with Crippen LogP contribution in [0, 0.1) is 5.92 Å². The van der Waals surface area contributed by atoms with E-state index in [-0.39, 0.29) is 11.8 Å². The minimum atomic E-state index is -0.804. The number of hydrogen-bond acceptors (Lipinski definition) is 3. The van der Waals surface area contributed by atoms with Crippen LogP contribution in [0.15, 0.2) is 12.2 Å². The second-order valence-electron chi connectivity index (χ2n) is 4.29. The maximum Gasteiger partial charge on any atom is 0.223 e. The number of allylic oxidation sites excluding steroid dienone is 2. The summed E-state index contributed by atoms with van der Waals surface area (Å²) in [6.45, 7) is 2.08. The molecule has 0 saturated heterocycles. The summed E-state index contributed by atoms with van der Waals surface area (Å²) in [6.07, 6.45) is 7.67. The highest BCUT2D eigenvalue weighted by Gasteiger charge is 2.24. The Balaban J connectivity index is 2.27. The molecule has 0 heterocycles. The van der Waals surface area contributed by atoms with Crippen molar-refractivity contribution < 1.29 is 9.90 Å². The number of thioether (sulfide) groups is 1. The Morgan fingerprint density at radius 1 is 1.60 bits per heavy atom. The molecule has 1 unspecified atom stereocenters. The van der Waals surface area contributed by atoms with Gasteiger partial charge in [-0.3, -0.25) is 4.79 Å². The van der Waals surface area contributed by atoms with E-state index in [2.05, 4.69) is 5.32 Å². The Bertz CT molecular complexity index is 243. The first-order valence-corrected chi connectivity index (χ1v) is 6.58. The van der Waals surface area contributed by atoms with Crippen LogP contribution in [0.5, 0.6) is 0 Å². The first-order chi connectivity index (χ1) is 7.05. The lowest BCUT2D eigenvalue weighted by molar-refractivity contribution is -0.125. The molecule has 0 radical (unpaired) electrons. The van der Waals surface area contributed by atoms with Gasteiger partial charge in [0.25, 0.3) is 0 Å². The first kappa shape index (κ1) is 12.6. The number of carbonyl (C=O) groups excluding carboxylic acids is 1. The van der Waals surface area contributed by atoms with Crippen LogP contribution in [0.25, 0.3) is 0 Å². The summed E-state index contributed by atoms with van der Waals surface area (Å²) < 4.78 is 0. The Morgan fingerprint density at radius 2 is 2.20 bits per heavy atom. The van der Waals surface area contributed by atoms with Gasteiger partial charge in [0.05, 0.1) is 5.60 Å². The molecule has 4 heteroatoms. The van der Waals surface area contributed by atoms with Crippen molar-refractivity contribution in [1.29, 1.82) is 0 Å². The molecule has 2 N–H and O–H groups in total. The van der Waals surface area contributed by atoms with Crippen molar-refractivity contribution in [2.45, 2.75) is 25.4 Å². The molecule has 0 spiro atoms. The fraction of sp³-hybridized carbons (Fsp3) is 0.727. The summed E-state index contributed by atoms with van der Waals surface area (Å²) in [6, 6.07) is 0. The van der Waals surface area contributed by atoms with Crippen LogP contribution < -0.4 is 5.32 Å². The smallest absolute Gasteiger partial charge is 0.223 e. The summed E-state index contributed by atoms with van der Waals surface area (Å²) in [7, 11) is 0. The van der Waals surface area contributed by atoms with Crippen molar-refractivity contribution in [2.75, 3.05) is 18.6 Å². The fourth-order valence-corrected chi connectivity index (χ4v) is 2.34. The predicted molar refractivity (Wildman–Crippen MR) is 63.9 cm³/mol. The standard InChI is InChI=1S/C11H19NO2S/c1-11(14,8-15-2)7-12-10(13)9-5-3-4-6-9/h3-4,9,14H,5-8H2,1-2H3,(H,12,13). The number of nitrogens with one attached hydrogen (secondary N) is 1. The summed E-state index contributed by atoms with van der Waals surface area (Å²) >= 11 is 1.58. The minimum Gasteiger partial charge on any atom is -0.387 e. The molecule has 0 aromatic rings. The Labute approximate surface area is 95.3 Å². The normalized spacial score (nSPS) is 20.2. The summed E-state index contributed by atoms with van der Waals surface area (Å²) in [5.41, 5.74) is -0.804. The molecule has 0 aromatic carbocycles. The summed E-state index contributed by atoms with van der Waals surface area (Å²) in [5, 5.41) is 12.7. The average Bonchev–Trinajstić information content (AvgIpc) is 2.67. The van der Waals surface area contributed by atoms with Gasteiger partial charge in [-0.05, 0) is 26.0 Å². The number of hydrogen-bond donors (Lipinski definition) is 2. The van der Waals surface area contributed by atoms with E-state index in [9.17, 15) is 9.90 Å². The molecule has 0 fully saturated rings. The van der Waals surface area contributed by atoms with Crippen molar-refractivity contribution in [2.24, 2.45) is 5.92 Å². The van der Waals surface area contributed by atoms with Crippen molar-refractivity contribution in [3.05, 3.63) is 12.2 Å². The molecular weight excluding hydrogens is 210 g/mol. The maximum atomic E-state index is 11.6. The summed E-state index contributed by atoms with van der Waals surface area (Å²) in [4.78, 5) is 11.6. The van der Waals surface area contributed by atoms with Crippen LogP contribution in [0.1, 0.15) is 19.8 Å². The van der Waals surface area contributed by atoms with Crippen molar-refractivity contribution in [3.63, 3.8) is 0 Å². The highest BCUT2D eigenvalue weighted by Crippen LogP contribution is 2.18. The van der Waals surface area contributed by atoms with Crippen molar-refractivity contribution in [1.82, 2.24) is 5.32 Å². The molecule has 0 aliphatic heterocycles. The Morgan fingerprint density at radius 3 is 2.73 bits per heavy atom. The number of amides is 1. The minimum absolute atomic E-state index is 0.0568. The first-order valence-electron chi connectivity index (χ1n) is 5.19. The van der Waals surface area contributed by atoms with Gasteiger partial charge in [-0.15, -0.1) is 0 Å². The van der Waals surface area contributed by atoms with Crippen molar-refractivity contribution >= 4 is 17.7 Å². The third-order valence-electron chi connectivity index (χ3n) is 2.48.